The number of likely N-dealkylation sites (N-methyl/N-ethyl adjacent to an activating group) is 1. The van der Waals surface area contributed by atoms with Gasteiger partial charge in [-0.25, -0.2) is 12.7 Å². The van der Waals surface area contributed by atoms with E-state index in [1.165, 1.54) is 11.2 Å². The van der Waals surface area contributed by atoms with Gasteiger partial charge in [-0.05, 0) is 14.1 Å². The van der Waals surface area contributed by atoms with Crippen LogP contribution in [0.2, 0.25) is 0 Å². The van der Waals surface area contributed by atoms with Crippen LogP contribution in [0.4, 0.5) is 0 Å². The highest BCUT2D eigenvalue weighted by Gasteiger charge is 2.22. The van der Waals surface area contributed by atoms with E-state index < -0.39 is 21.9 Å². The highest BCUT2D eigenvalue weighted by Crippen LogP contribution is 2.05. The number of sulfonamides is 1. The molecule has 0 bridgehead atoms. The Balaban J connectivity index is 4.52. The number of hydrogen-bond donors (Lipinski definition) is 1. The highest BCUT2D eigenvalue weighted by atomic mass is 32.2. The molecule has 0 aromatic rings. The van der Waals surface area contributed by atoms with E-state index in [9.17, 15) is 13.2 Å². The minimum atomic E-state index is -3.35. The molecule has 1 atom stereocenters. The van der Waals surface area contributed by atoms with E-state index in [-0.39, 0.29) is 6.54 Å². The molecule has 7 heteroatoms. The van der Waals surface area contributed by atoms with Crippen LogP contribution in [0.5, 0.6) is 0 Å². The molecule has 6 nitrogen and oxygen atoms in total. The molecule has 0 amide bonds. The molecule has 0 rings (SSSR count). The Kier molecular flexibility index (Phi) is 5.91. The minimum Gasteiger partial charge on any atom is -0.481 e. The Morgan fingerprint density at radius 3 is 2.12 bits per heavy atom. The van der Waals surface area contributed by atoms with Crippen molar-refractivity contribution in [3.63, 3.8) is 0 Å². The van der Waals surface area contributed by atoms with E-state index in [2.05, 4.69) is 0 Å². The highest BCUT2D eigenvalue weighted by molar-refractivity contribution is 7.88. The summed E-state index contributed by atoms with van der Waals surface area (Å²) < 4.78 is 24.0. The van der Waals surface area contributed by atoms with Gasteiger partial charge in [-0.15, -0.1) is 0 Å². The molecule has 0 aromatic heterocycles. The number of carboxylic acids is 1. The van der Waals surface area contributed by atoms with Gasteiger partial charge in [-0.3, -0.25) is 4.79 Å². The van der Waals surface area contributed by atoms with Crippen molar-refractivity contribution in [1.29, 1.82) is 0 Å². The van der Waals surface area contributed by atoms with E-state index in [0.29, 0.717) is 13.1 Å². The Morgan fingerprint density at radius 1 is 1.31 bits per heavy atom. The normalized spacial score (nSPS) is 14.4. The zero-order valence-electron chi connectivity index (χ0n) is 10.2. The Morgan fingerprint density at radius 2 is 1.81 bits per heavy atom. The number of nitrogens with zero attached hydrogens (tertiary/aromatic N) is 2. The van der Waals surface area contributed by atoms with Crippen LogP contribution in [-0.2, 0) is 14.8 Å². The number of aliphatic carboxylic acids is 1. The molecular weight excluding hydrogens is 232 g/mol. The summed E-state index contributed by atoms with van der Waals surface area (Å²) in [4.78, 5) is 12.5. The fraction of sp³-hybridized carbons (Fsp3) is 0.889. The number of hydrogen-bond acceptors (Lipinski definition) is 4. The predicted octanol–water partition coefficient (Wildman–Crippen LogP) is -0.470. The molecule has 1 unspecified atom stereocenters. The molecular formula is C9H20N2O4S. The summed E-state index contributed by atoms with van der Waals surface area (Å²) in [6.45, 7) is 2.39. The first-order valence-corrected chi connectivity index (χ1v) is 6.82. The molecule has 0 radical (unpaired) electrons. The van der Waals surface area contributed by atoms with Crippen molar-refractivity contribution in [1.82, 2.24) is 9.21 Å². The number of carboxylic acid groups (broad SMARTS) is 1. The molecule has 0 saturated heterocycles. The molecule has 0 fully saturated rings. The number of rotatable bonds is 7. The second kappa shape index (κ2) is 6.17. The lowest BCUT2D eigenvalue weighted by atomic mass is 10.2. The van der Waals surface area contributed by atoms with Crippen LogP contribution >= 0.6 is 0 Å². The maximum atomic E-state index is 11.4. The SMILES string of the molecule is CC(CN(CCN(C)C)S(C)(=O)=O)C(=O)O. The number of carbonyl (C=O) groups is 1. The molecule has 0 spiro atoms. The lowest BCUT2D eigenvalue weighted by molar-refractivity contribution is -0.141. The van der Waals surface area contributed by atoms with Crippen molar-refractivity contribution in [2.24, 2.45) is 5.92 Å². The van der Waals surface area contributed by atoms with Gasteiger partial charge >= 0.3 is 5.97 Å². The van der Waals surface area contributed by atoms with Gasteiger partial charge in [0, 0.05) is 19.6 Å². The van der Waals surface area contributed by atoms with E-state index in [1.807, 2.05) is 19.0 Å². The van der Waals surface area contributed by atoms with Crippen molar-refractivity contribution >= 4 is 16.0 Å². The first kappa shape index (κ1) is 15.3. The quantitative estimate of drug-likeness (QED) is 0.663. The van der Waals surface area contributed by atoms with Crippen LogP contribution in [0.15, 0.2) is 0 Å². The fourth-order valence-corrected chi connectivity index (χ4v) is 2.00. The first-order chi connectivity index (χ1) is 7.14. The summed E-state index contributed by atoms with van der Waals surface area (Å²) in [5.41, 5.74) is 0. The molecule has 0 aromatic carbocycles. The van der Waals surface area contributed by atoms with Gasteiger partial charge in [-0.1, -0.05) is 6.92 Å². The third-order valence-corrected chi connectivity index (χ3v) is 3.43. The molecule has 0 aliphatic rings. The van der Waals surface area contributed by atoms with Gasteiger partial charge in [-0.2, -0.15) is 0 Å². The van der Waals surface area contributed by atoms with Crippen molar-refractivity contribution in [3.05, 3.63) is 0 Å². The van der Waals surface area contributed by atoms with Crippen LogP contribution in [-0.4, -0.2) is 68.7 Å². The molecule has 96 valence electrons. The molecule has 0 heterocycles. The fourth-order valence-electron chi connectivity index (χ4n) is 1.09. The molecule has 0 aliphatic heterocycles. The summed E-state index contributed by atoms with van der Waals surface area (Å²) in [6.07, 6.45) is 1.09. The average Bonchev–Trinajstić information content (AvgIpc) is 2.09. The lowest BCUT2D eigenvalue weighted by Gasteiger charge is -2.23. The monoisotopic (exact) mass is 252 g/mol. The van der Waals surface area contributed by atoms with Gasteiger partial charge in [0.1, 0.15) is 0 Å². The second-order valence-electron chi connectivity index (χ2n) is 4.16. The largest absolute Gasteiger partial charge is 0.481 e. The van der Waals surface area contributed by atoms with Crippen LogP contribution in [0.25, 0.3) is 0 Å². The first-order valence-electron chi connectivity index (χ1n) is 4.97. The molecule has 16 heavy (non-hydrogen) atoms. The van der Waals surface area contributed by atoms with Gasteiger partial charge < -0.3 is 10.0 Å². The van der Waals surface area contributed by atoms with E-state index in [4.69, 9.17) is 5.11 Å². The summed E-state index contributed by atoms with van der Waals surface area (Å²) in [6, 6.07) is 0. The predicted molar refractivity (Wildman–Crippen MR) is 61.8 cm³/mol. The van der Waals surface area contributed by atoms with Crippen molar-refractivity contribution in [3.8, 4) is 0 Å². The maximum absolute atomic E-state index is 11.4. The standard InChI is InChI=1S/C9H20N2O4S/c1-8(9(12)13)7-11(16(4,14)15)6-5-10(2)3/h8H,5-7H2,1-4H3,(H,12,13). The smallest absolute Gasteiger partial charge is 0.307 e. The zero-order chi connectivity index (χ0) is 12.9. The Hall–Kier alpha value is -0.660. The summed E-state index contributed by atoms with van der Waals surface area (Å²) >= 11 is 0. The summed E-state index contributed by atoms with van der Waals surface area (Å²) in [5, 5.41) is 8.74. The zero-order valence-corrected chi connectivity index (χ0v) is 11.0. The van der Waals surface area contributed by atoms with Gasteiger partial charge in [0.05, 0.1) is 12.2 Å². The van der Waals surface area contributed by atoms with Gasteiger partial charge in [0.15, 0.2) is 0 Å². The van der Waals surface area contributed by atoms with E-state index in [0.717, 1.165) is 6.26 Å². The van der Waals surface area contributed by atoms with Crippen LogP contribution in [0.3, 0.4) is 0 Å². The third kappa shape index (κ3) is 6.04. The molecule has 0 saturated carbocycles. The topological polar surface area (TPSA) is 77.9 Å². The van der Waals surface area contributed by atoms with Crippen molar-refractivity contribution in [2.45, 2.75) is 6.92 Å². The average molecular weight is 252 g/mol. The minimum absolute atomic E-state index is 0.0159. The summed E-state index contributed by atoms with van der Waals surface area (Å²) in [7, 11) is 0.323. The van der Waals surface area contributed by atoms with Crippen molar-refractivity contribution in [2.75, 3.05) is 40.0 Å². The Labute approximate surface area is 96.9 Å². The lowest BCUT2D eigenvalue weighted by Crippen LogP contribution is -2.40. The third-order valence-electron chi connectivity index (χ3n) is 2.16. The second-order valence-corrected chi connectivity index (χ2v) is 6.15. The van der Waals surface area contributed by atoms with Crippen LogP contribution < -0.4 is 0 Å². The maximum Gasteiger partial charge on any atom is 0.307 e. The molecule has 0 aliphatic carbocycles. The van der Waals surface area contributed by atoms with Crippen LogP contribution in [0.1, 0.15) is 6.92 Å². The van der Waals surface area contributed by atoms with E-state index in [1.54, 1.807) is 0 Å². The van der Waals surface area contributed by atoms with E-state index >= 15 is 0 Å². The van der Waals surface area contributed by atoms with Gasteiger partial charge in [0.2, 0.25) is 10.0 Å². The van der Waals surface area contributed by atoms with Crippen molar-refractivity contribution < 1.29 is 18.3 Å². The Bertz CT molecular complexity index is 326. The van der Waals surface area contributed by atoms with Crippen LogP contribution in [0, 0.1) is 5.92 Å². The van der Waals surface area contributed by atoms with Gasteiger partial charge in [0.25, 0.3) is 0 Å². The molecule has 1 N–H and O–H groups in total. The summed E-state index contributed by atoms with van der Waals surface area (Å²) in [5.74, 6) is -1.68.